The molecule has 0 radical (unpaired) electrons. The van der Waals surface area contributed by atoms with E-state index in [-0.39, 0.29) is 6.10 Å². The normalized spacial score (nSPS) is 29.5. The molecule has 0 heterocycles. The van der Waals surface area contributed by atoms with Crippen LogP contribution in [0.3, 0.4) is 0 Å². The van der Waals surface area contributed by atoms with Crippen molar-refractivity contribution in [3.05, 3.63) is 11.6 Å². The number of hydrogen-bond acceptors (Lipinski definition) is 1. The molecule has 0 bridgehead atoms. The topological polar surface area (TPSA) is 20.2 Å². The Morgan fingerprint density at radius 3 is 2.80 bits per heavy atom. The van der Waals surface area contributed by atoms with E-state index in [1.807, 2.05) is 6.92 Å². The zero-order chi connectivity index (χ0) is 7.56. The number of allylic oxidation sites excluding steroid dienone is 1. The number of rotatable bonds is 1. The van der Waals surface area contributed by atoms with E-state index in [2.05, 4.69) is 13.0 Å². The van der Waals surface area contributed by atoms with Crippen molar-refractivity contribution in [2.45, 2.75) is 39.2 Å². The monoisotopic (exact) mass is 140 g/mol. The number of aliphatic hydroxyl groups excluding tert-OH is 1. The van der Waals surface area contributed by atoms with E-state index in [1.165, 1.54) is 24.8 Å². The molecular weight excluding hydrogens is 124 g/mol. The van der Waals surface area contributed by atoms with Gasteiger partial charge in [0.15, 0.2) is 0 Å². The Bertz CT molecular complexity index is 136. The van der Waals surface area contributed by atoms with Crippen LogP contribution in [0.25, 0.3) is 0 Å². The van der Waals surface area contributed by atoms with Crippen LogP contribution in [0.4, 0.5) is 0 Å². The number of hydrogen-bond donors (Lipinski definition) is 1. The van der Waals surface area contributed by atoms with Crippen LogP contribution in [0.5, 0.6) is 0 Å². The van der Waals surface area contributed by atoms with Gasteiger partial charge in [0.2, 0.25) is 0 Å². The Morgan fingerprint density at radius 1 is 1.70 bits per heavy atom. The maximum Gasteiger partial charge on any atom is 0.0577 e. The lowest BCUT2D eigenvalue weighted by Gasteiger charge is -2.24. The highest BCUT2D eigenvalue weighted by Gasteiger charge is 2.18. The second kappa shape index (κ2) is 3.20. The molecule has 0 saturated heterocycles. The fourth-order valence-corrected chi connectivity index (χ4v) is 1.67. The van der Waals surface area contributed by atoms with Crippen molar-refractivity contribution in [3.63, 3.8) is 0 Å². The van der Waals surface area contributed by atoms with Gasteiger partial charge in [-0.05, 0) is 33.1 Å². The summed E-state index contributed by atoms with van der Waals surface area (Å²) in [5, 5.41) is 9.31. The molecule has 0 fully saturated rings. The Hall–Kier alpha value is -0.300. The summed E-state index contributed by atoms with van der Waals surface area (Å²) >= 11 is 0. The summed E-state index contributed by atoms with van der Waals surface area (Å²) in [6.45, 7) is 4.00. The van der Waals surface area contributed by atoms with E-state index < -0.39 is 0 Å². The van der Waals surface area contributed by atoms with Crippen LogP contribution in [-0.4, -0.2) is 11.2 Å². The third-order valence-electron chi connectivity index (χ3n) is 2.35. The van der Waals surface area contributed by atoms with Gasteiger partial charge in [0, 0.05) is 5.92 Å². The maximum absolute atomic E-state index is 9.31. The predicted octanol–water partition coefficient (Wildman–Crippen LogP) is 2.11. The van der Waals surface area contributed by atoms with E-state index in [0.29, 0.717) is 5.92 Å². The first-order valence-corrected chi connectivity index (χ1v) is 4.06. The van der Waals surface area contributed by atoms with Gasteiger partial charge in [-0.25, -0.2) is 0 Å². The van der Waals surface area contributed by atoms with Gasteiger partial charge in [0.25, 0.3) is 0 Å². The molecule has 0 saturated carbocycles. The molecule has 1 heteroatoms. The highest BCUT2D eigenvalue weighted by atomic mass is 16.3. The van der Waals surface area contributed by atoms with Crippen molar-refractivity contribution < 1.29 is 5.11 Å². The summed E-state index contributed by atoms with van der Waals surface area (Å²) in [4.78, 5) is 0. The van der Waals surface area contributed by atoms with Gasteiger partial charge in [-0.3, -0.25) is 0 Å². The lowest BCUT2D eigenvalue weighted by Crippen LogP contribution is -2.19. The lowest BCUT2D eigenvalue weighted by molar-refractivity contribution is 0.134. The Morgan fingerprint density at radius 2 is 2.40 bits per heavy atom. The van der Waals surface area contributed by atoms with Gasteiger partial charge in [-0.2, -0.15) is 0 Å². The van der Waals surface area contributed by atoms with Crippen LogP contribution in [0.1, 0.15) is 33.1 Å². The summed E-state index contributed by atoms with van der Waals surface area (Å²) in [5.74, 6) is 0.439. The molecule has 1 rings (SSSR count). The molecule has 1 N–H and O–H groups in total. The largest absolute Gasteiger partial charge is 0.393 e. The molecule has 0 aliphatic heterocycles. The summed E-state index contributed by atoms with van der Waals surface area (Å²) in [6, 6.07) is 0. The smallest absolute Gasteiger partial charge is 0.0577 e. The molecule has 1 nitrogen and oxygen atoms in total. The first-order chi connectivity index (χ1) is 4.72. The average Bonchev–Trinajstić information content (AvgIpc) is 1.88. The molecule has 0 amide bonds. The zero-order valence-corrected chi connectivity index (χ0v) is 6.80. The predicted molar refractivity (Wildman–Crippen MR) is 42.8 cm³/mol. The lowest BCUT2D eigenvalue weighted by atomic mass is 9.85. The molecule has 0 aromatic rings. The van der Waals surface area contributed by atoms with Gasteiger partial charge >= 0.3 is 0 Å². The van der Waals surface area contributed by atoms with Crippen molar-refractivity contribution in [1.29, 1.82) is 0 Å². The van der Waals surface area contributed by atoms with Crippen molar-refractivity contribution in [2.75, 3.05) is 0 Å². The average molecular weight is 140 g/mol. The molecule has 10 heavy (non-hydrogen) atoms. The Balaban J connectivity index is 2.58. The van der Waals surface area contributed by atoms with Crippen molar-refractivity contribution in [2.24, 2.45) is 5.92 Å². The third kappa shape index (κ3) is 1.60. The quantitative estimate of drug-likeness (QED) is 0.553. The summed E-state index contributed by atoms with van der Waals surface area (Å²) in [5.41, 5.74) is 1.38. The SMILES string of the molecule is CC1=CCCCC1C(C)O. The van der Waals surface area contributed by atoms with Gasteiger partial charge in [0.1, 0.15) is 0 Å². The van der Waals surface area contributed by atoms with Crippen LogP contribution >= 0.6 is 0 Å². The first-order valence-electron chi connectivity index (χ1n) is 4.06. The molecule has 0 aromatic heterocycles. The van der Waals surface area contributed by atoms with Crippen LogP contribution in [-0.2, 0) is 0 Å². The van der Waals surface area contributed by atoms with Crippen LogP contribution in [0, 0.1) is 5.92 Å². The van der Waals surface area contributed by atoms with Gasteiger partial charge < -0.3 is 5.11 Å². The molecule has 0 spiro atoms. The highest BCUT2D eigenvalue weighted by Crippen LogP contribution is 2.26. The fraction of sp³-hybridized carbons (Fsp3) is 0.778. The van der Waals surface area contributed by atoms with E-state index in [1.54, 1.807) is 0 Å². The molecule has 2 unspecified atom stereocenters. The minimum atomic E-state index is -0.156. The van der Waals surface area contributed by atoms with E-state index >= 15 is 0 Å². The highest BCUT2D eigenvalue weighted by molar-refractivity contribution is 5.08. The van der Waals surface area contributed by atoms with Crippen LogP contribution in [0.2, 0.25) is 0 Å². The van der Waals surface area contributed by atoms with Crippen LogP contribution < -0.4 is 0 Å². The van der Waals surface area contributed by atoms with Gasteiger partial charge in [-0.1, -0.05) is 11.6 Å². The van der Waals surface area contributed by atoms with Crippen molar-refractivity contribution in [3.8, 4) is 0 Å². The zero-order valence-electron chi connectivity index (χ0n) is 6.80. The second-order valence-electron chi connectivity index (χ2n) is 3.23. The van der Waals surface area contributed by atoms with Gasteiger partial charge in [-0.15, -0.1) is 0 Å². The Labute approximate surface area is 62.8 Å². The Kier molecular flexibility index (Phi) is 2.50. The van der Waals surface area contributed by atoms with Crippen molar-refractivity contribution in [1.82, 2.24) is 0 Å². The second-order valence-corrected chi connectivity index (χ2v) is 3.23. The standard InChI is InChI=1S/C9H16O/c1-7-5-3-4-6-9(7)8(2)10/h5,8-10H,3-4,6H2,1-2H3. The molecule has 2 atom stereocenters. The molecule has 1 aliphatic rings. The number of aliphatic hydroxyl groups is 1. The first kappa shape index (κ1) is 7.80. The summed E-state index contributed by atoms with van der Waals surface area (Å²) in [7, 11) is 0. The molecule has 58 valence electrons. The van der Waals surface area contributed by atoms with E-state index in [9.17, 15) is 5.11 Å². The summed E-state index contributed by atoms with van der Waals surface area (Å²) < 4.78 is 0. The van der Waals surface area contributed by atoms with E-state index in [0.717, 1.165) is 0 Å². The van der Waals surface area contributed by atoms with Crippen molar-refractivity contribution >= 4 is 0 Å². The molecule has 1 aliphatic carbocycles. The molecular formula is C9H16O. The molecule has 0 aromatic carbocycles. The minimum absolute atomic E-state index is 0.156. The minimum Gasteiger partial charge on any atom is -0.393 e. The summed E-state index contributed by atoms with van der Waals surface area (Å²) in [6.07, 6.45) is 5.71. The third-order valence-corrected chi connectivity index (χ3v) is 2.35. The van der Waals surface area contributed by atoms with Crippen LogP contribution in [0.15, 0.2) is 11.6 Å². The maximum atomic E-state index is 9.31. The fourth-order valence-electron chi connectivity index (χ4n) is 1.67. The van der Waals surface area contributed by atoms with E-state index in [4.69, 9.17) is 0 Å². The van der Waals surface area contributed by atoms with Gasteiger partial charge in [0.05, 0.1) is 6.10 Å².